The van der Waals surface area contributed by atoms with Crippen molar-refractivity contribution in [3.8, 4) is 23.0 Å². The fraction of sp³-hybridized carbons (Fsp3) is 0.409. The number of fused-ring (bicyclic) bond motifs is 1. The highest BCUT2D eigenvalue weighted by Gasteiger charge is 2.39. The first-order valence-corrected chi connectivity index (χ1v) is 10.7. The molecule has 4 heterocycles. The first kappa shape index (κ1) is 20.5. The topological polar surface area (TPSA) is 71.8 Å². The van der Waals surface area contributed by atoms with Gasteiger partial charge in [0.2, 0.25) is 5.88 Å². The van der Waals surface area contributed by atoms with Crippen molar-refractivity contribution < 1.29 is 13.9 Å². The summed E-state index contributed by atoms with van der Waals surface area (Å²) in [6.07, 6.45) is 0.548. The summed E-state index contributed by atoms with van der Waals surface area (Å²) >= 11 is 0. The fourth-order valence-electron chi connectivity index (χ4n) is 4.18. The Morgan fingerprint density at radius 1 is 1.12 bits per heavy atom. The molecule has 1 atom stereocenters. The number of benzene rings is 1. The van der Waals surface area contributed by atoms with E-state index in [1.54, 1.807) is 28.6 Å². The normalized spacial score (nSPS) is 18.2. The molecule has 0 N–H and O–H groups in total. The number of morpholine rings is 1. The monoisotopic (exact) mass is 439 g/mol. The van der Waals surface area contributed by atoms with Gasteiger partial charge in [-0.05, 0) is 12.5 Å². The zero-order chi connectivity index (χ0) is 22.2. The van der Waals surface area contributed by atoms with E-state index >= 15 is 4.39 Å². The van der Waals surface area contributed by atoms with Crippen LogP contribution in [0.25, 0.3) is 17.1 Å². The van der Waals surface area contributed by atoms with E-state index < -0.39 is 6.42 Å². The van der Waals surface area contributed by atoms with E-state index in [1.165, 1.54) is 0 Å². The lowest BCUT2D eigenvalue weighted by Gasteiger charge is -2.30. The highest BCUT2D eigenvalue weighted by molar-refractivity contribution is 5.84. The first-order valence-electron chi connectivity index (χ1n) is 10.7. The van der Waals surface area contributed by atoms with Gasteiger partial charge in [0.15, 0.2) is 11.6 Å². The van der Waals surface area contributed by atoms with Crippen molar-refractivity contribution in [2.45, 2.75) is 13.3 Å². The van der Waals surface area contributed by atoms with Crippen LogP contribution in [0.2, 0.25) is 0 Å². The molecule has 9 nitrogen and oxygen atoms in total. The maximum atomic E-state index is 15.1. The van der Waals surface area contributed by atoms with Crippen LogP contribution in [0.5, 0.6) is 5.88 Å². The van der Waals surface area contributed by atoms with E-state index in [-0.39, 0.29) is 0 Å². The number of aromatic nitrogens is 4. The minimum Gasteiger partial charge on any atom is -0.479 e. The van der Waals surface area contributed by atoms with Crippen LogP contribution >= 0.6 is 0 Å². The Morgan fingerprint density at radius 2 is 1.84 bits per heavy atom. The van der Waals surface area contributed by atoms with Crippen LogP contribution < -0.4 is 19.4 Å². The molecule has 1 fully saturated rings. The average molecular weight is 439 g/mol. The summed E-state index contributed by atoms with van der Waals surface area (Å²) in [7, 11) is 3.32. The van der Waals surface area contributed by atoms with E-state index in [1.807, 2.05) is 43.5 Å². The van der Waals surface area contributed by atoms with E-state index in [9.17, 15) is 0 Å². The first-order chi connectivity index (χ1) is 15.6. The van der Waals surface area contributed by atoms with Gasteiger partial charge in [0.25, 0.3) is 12.4 Å². The lowest BCUT2D eigenvalue weighted by Crippen LogP contribution is -2.39. The smallest absolute Gasteiger partial charge is 0.254 e. The number of methoxy groups -OCH3 is 1. The molecule has 0 aliphatic carbocycles. The lowest BCUT2D eigenvalue weighted by molar-refractivity contribution is 0.122. The van der Waals surface area contributed by atoms with Crippen molar-refractivity contribution in [2.24, 2.45) is 0 Å². The van der Waals surface area contributed by atoms with Crippen LogP contribution in [0.4, 0.5) is 21.7 Å². The zero-order valence-corrected chi connectivity index (χ0v) is 18.4. The Bertz CT molecular complexity index is 1100. The van der Waals surface area contributed by atoms with Crippen LogP contribution in [0.1, 0.15) is 6.92 Å². The minimum absolute atomic E-state index is 0.367. The molecular weight excluding hydrogens is 413 g/mol. The summed E-state index contributed by atoms with van der Waals surface area (Å²) in [6.45, 7) is 4.95. The highest BCUT2D eigenvalue weighted by atomic mass is 19.1. The molecule has 2 aliphatic heterocycles. The number of hydrogen-bond donors (Lipinski definition) is 0. The van der Waals surface area contributed by atoms with Gasteiger partial charge in [-0.25, -0.2) is 4.68 Å². The van der Waals surface area contributed by atoms with E-state index in [0.717, 1.165) is 11.1 Å². The van der Waals surface area contributed by atoms with Gasteiger partial charge < -0.3 is 24.2 Å². The summed E-state index contributed by atoms with van der Waals surface area (Å²) in [5.74, 6) is 2.09. The summed E-state index contributed by atoms with van der Waals surface area (Å²) in [5, 5.41) is 4.58. The second-order valence-corrected chi connectivity index (χ2v) is 7.69. The van der Waals surface area contributed by atoms with Crippen LogP contribution in [0.15, 0.2) is 36.5 Å². The minimum atomic E-state index is -1.30. The maximum Gasteiger partial charge on any atom is 0.254 e. The molecule has 1 saturated heterocycles. The SMILES string of the molecule is CCN1c2nc(-n3cc(-c4ccccc4)c(OC)n3)nc(N3CCOCC3)c2N(C)C1F. The summed E-state index contributed by atoms with van der Waals surface area (Å²) in [4.78, 5) is 14.9. The molecule has 2 aromatic heterocycles. The molecule has 1 aromatic carbocycles. The zero-order valence-electron chi connectivity index (χ0n) is 18.4. The third-order valence-electron chi connectivity index (χ3n) is 5.85. The Kier molecular flexibility index (Phi) is 5.30. The van der Waals surface area contributed by atoms with Gasteiger partial charge in [0, 0.05) is 32.9 Å². The van der Waals surface area contributed by atoms with Crippen molar-refractivity contribution in [3.05, 3.63) is 36.5 Å². The number of halogens is 1. The van der Waals surface area contributed by atoms with Crippen molar-refractivity contribution in [2.75, 3.05) is 61.7 Å². The summed E-state index contributed by atoms with van der Waals surface area (Å²) in [6, 6.07) is 9.87. The molecule has 0 bridgehead atoms. The van der Waals surface area contributed by atoms with E-state index in [2.05, 4.69) is 10.00 Å². The Balaban J connectivity index is 1.66. The number of rotatable bonds is 5. The van der Waals surface area contributed by atoms with E-state index in [4.69, 9.17) is 19.4 Å². The molecular formula is C22H26FN7O2. The van der Waals surface area contributed by atoms with Crippen molar-refractivity contribution >= 4 is 17.3 Å². The number of anilines is 3. The second-order valence-electron chi connectivity index (χ2n) is 7.69. The standard InChI is InChI=1S/C22H26FN7O2/c1-4-29-19-17(27(2)21(29)23)18(28-10-12-32-13-11-28)24-22(25-19)30-14-16(20(26-30)31-3)15-8-6-5-7-9-15/h5-9,14,21H,4,10-13H2,1-3H3. The molecule has 32 heavy (non-hydrogen) atoms. The number of ether oxygens (including phenoxy) is 2. The fourth-order valence-corrected chi connectivity index (χ4v) is 4.18. The van der Waals surface area contributed by atoms with Crippen molar-refractivity contribution in [1.29, 1.82) is 0 Å². The second kappa shape index (κ2) is 8.27. The van der Waals surface area contributed by atoms with Gasteiger partial charge in [-0.1, -0.05) is 30.3 Å². The quantitative estimate of drug-likeness (QED) is 0.562. The summed E-state index contributed by atoms with van der Waals surface area (Å²) in [5.41, 5.74) is 2.49. The lowest BCUT2D eigenvalue weighted by atomic mass is 10.1. The number of hydrogen-bond acceptors (Lipinski definition) is 8. The summed E-state index contributed by atoms with van der Waals surface area (Å²) < 4.78 is 27.7. The molecule has 5 rings (SSSR count). The van der Waals surface area contributed by atoms with Gasteiger partial charge in [0.1, 0.15) is 5.69 Å². The van der Waals surface area contributed by atoms with Gasteiger partial charge in [0.05, 0.1) is 25.9 Å². The number of nitrogens with zero attached hydrogens (tertiary/aromatic N) is 7. The molecule has 2 aliphatic rings. The Hall–Kier alpha value is -3.40. The van der Waals surface area contributed by atoms with Gasteiger partial charge in [-0.15, -0.1) is 5.10 Å². The maximum absolute atomic E-state index is 15.1. The van der Waals surface area contributed by atoms with Crippen LogP contribution in [-0.2, 0) is 4.74 Å². The van der Waals surface area contributed by atoms with Crippen molar-refractivity contribution in [3.63, 3.8) is 0 Å². The largest absolute Gasteiger partial charge is 0.479 e. The third-order valence-corrected chi connectivity index (χ3v) is 5.85. The predicted molar refractivity (Wildman–Crippen MR) is 120 cm³/mol. The highest BCUT2D eigenvalue weighted by Crippen LogP contribution is 2.44. The molecule has 0 spiro atoms. The van der Waals surface area contributed by atoms with Crippen molar-refractivity contribution in [1.82, 2.24) is 19.7 Å². The van der Waals surface area contributed by atoms with Gasteiger partial charge >= 0.3 is 0 Å². The van der Waals surface area contributed by atoms with E-state index in [0.29, 0.717) is 62.0 Å². The molecule has 168 valence electrons. The molecule has 0 amide bonds. The van der Waals surface area contributed by atoms with Crippen LogP contribution in [-0.4, -0.2) is 73.2 Å². The molecule has 3 aromatic rings. The number of alkyl halides is 1. The van der Waals surface area contributed by atoms with Crippen LogP contribution in [0.3, 0.4) is 0 Å². The third kappa shape index (κ3) is 3.31. The molecule has 0 radical (unpaired) electrons. The van der Waals surface area contributed by atoms with Gasteiger partial charge in [-0.2, -0.15) is 14.4 Å². The average Bonchev–Trinajstić information content (AvgIpc) is 3.39. The predicted octanol–water partition coefficient (Wildman–Crippen LogP) is 2.70. The van der Waals surface area contributed by atoms with Gasteiger partial charge in [-0.3, -0.25) is 0 Å². The Morgan fingerprint density at radius 3 is 2.53 bits per heavy atom. The Labute approximate surface area is 186 Å². The van der Waals surface area contributed by atoms with Crippen LogP contribution in [0, 0.1) is 0 Å². The molecule has 1 unspecified atom stereocenters. The molecule has 0 saturated carbocycles. The molecule has 10 heteroatoms.